The highest BCUT2D eigenvalue weighted by Crippen LogP contribution is 2.30. The molecule has 2 heterocycles. The third-order valence-corrected chi connectivity index (χ3v) is 7.58. The zero-order chi connectivity index (χ0) is 24.8. The fourth-order valence-electron chi connectivity index (χ4n) is 3.77. The summed E-state index contributed by atoms with van der Waals surface area (Å²) in [6.07, 6.45) is 4.82. The molecule has 0 radical (unpaired) electrons. The zero-order valence-corrected chi connectivity index (χ0v) is 20.4. The van der Waals surface area contributed by atoms with Crippen molar-refractivity contribution in [2.45, 2.75) is 11.4 Å². The summed E-state index contributed by atoms with van der Waals surface area (Å²) in [6, 6.07) is 14.4. The van der Waals surface area contributed by atoms with E-state index in [9.17, 15) is 13.2 Å². The number of ether oxygens (including phenoxy) is 2. The van der Waals surface area contributed by atoms with Gasteiger partial charge in [-0.2, -0.15) is 4.31 Å². The van der Waals surface area contributed by atoms with Gasteiger partial charge >= 0.3 is 0 Å². The summed E-state index contributed by atoms with van der Waals surface area (Å²) in [5.41, 5.74) is 1.67. The number of rotatable bonds is 8. The van der Waals surface area contributed by atoms with Crippen LogP contribution < -0.4 is 9.47 Å². The van der Waals surface area contributed by atoms with Gasteiger partial charge in [-0.05, 0) is 23.8 Å². The van der Waals surface area contributed by atoms with E-state index in [1.165, 1.54) is 36.7 Å². The molecular weight excluding hydrogens is 470 g/mol. The minimum atomic E-state index is -3.73. The molecule has 1 amide bonds. The number of sulfonamides is 1. The first-order valence-electron chi connectivity index (χ1n) is 11.0. The number of aromatic nitrogens is 3. The van der Waals surface area contributed by atoms with Crippen molar-refractivity contribution in [3.8, 4) is 11.5 Å². The lowest BCUT2D eigenvalue weighted by Crippen LogP contribution is -2.50. The maximum Gasteiger partial charge on any atom is 0.246 e. The van der Waals surface area contributed by atoms with E-state index >= 15 is 0 Å². The van der Waals surface area contributed by atoms with Crippen LogP contribution in [-0.4, -0.2) is 78.9 Å². The number of piperazine rings is 1. The van der Waals surface area contributed by atoms with Crippen molar-refractivity contribution >= 4 is 22.0 Å². The van der Waals surface area contributed by atoms with Gasteiger partial charge in [0.15, 0.2) is 11.5 Å². The van der Waals surface area contributed by atoms with Crippen LogP contribution in [0.2, 0.25) is 0 Å². The molecule has 1 aromatic heterocycles. The van der Waals surface area contributed by atoms with Crippen molar-refractivity contribution in [1.82, 2.24) is 24.2 Å². The van der Waals surface area contributed by atoms with Gasteiger partial charge in [0.1, 0.15) is 5.69 Å². The van der Waals surface area contributed by atoms with Gasteiger partial charge in [0, 0.05) is 38.3 Å². The topological polar surface area (TPSA) is 107 Å². The van der Waals surface area contributed by atoms with Crippen molar-refractivity contribution in [2.75, 3.05) is 40.4 Å². The predicted molar refractivity (Wildman–Crippen MR) is 129 cm³/mol. The lowest BCUT2D eigenvalue weighted by Gasteiger charge is -2.33. The second-order valence-electron chi connectivity index (χ2n) is 7.91. The normalized spacial score (nSPS) is 14.9. The standard InChI is InChI=1S/C24H27N5O5S/c1-33-22-10-9-21(16-23(22)34-2)35(31,32)29-14-12-27(13-15-29)24(30)11-8-20-18-28(26-25-20)17-19-6-4-3-5-7-19/h3-11,16,18H,12-15,17H2,1-2H3/b11-8+. The zero-order valence-electron chi connectivity index (χ0n) is 19.6. The third-order valence-electron chi connectivity index (χ3n) is 5.68. The van der Waals surface area contributed by atoms with E-state index in [4.69, 9.17) is 9.47 Å². The highest BCUT2D eigenvalue weighted by atomic mass is 32.2. The van der Waals surface area contributed by atoms with Crippen LogP contribution in [0.1, 0.15) is 11.3 Å². The molecule has 0 bridgehead atoms. The molecule has 1 aliphatic heterocycles. The number of carbonyl (C=O) groups excluding carboxylic acids is 1. The molecule has 0 atom stereocenters. The molecule has 0 saturated carbocycles. The van der Waals surface area contributed by atoms with E-state index in [1.807, 2.05) is 30.3 Å². The Kier molecular flexibility index (Phi) is 7.47. The smallest absolute Gasteiger partial charge is 0.246 e. The average Bonchev–Trinajstić information content (AvgIpc) is 3.34. The SMILES string of the molecule is COc1ccc(S(=O)(=O)N2CCN(C(=O)/C=C/c3cn(Cc4ccccc4)nn3)CC2)cc1OC. The fraction of sp³-hybridized carbons (Fsp3) is 0.292. The molecule has 0 unspecified atom stereocenters. The average molecular weight is 498 g/mol. The van der Waals surface area contributed by atoms with Crippen LogP contribution >= 0.6 is 0 Å². The second kappa shape index (κ2) is 10.7. The van der Waals surface area contributed by atoms with Crippen LogP contribution in [0, 0.1) is 0 Å². The maximum absolute atomic E-state index is 13.1. The van der Waals surface area contributed by atoms with Gasteiger partial charge in [-0.15, -0.1) is 5.10 Å². The summed E-state index contributed by atoms with van der Waals surface area (Å²) < 4.78 is 39.6. The van der Waals surface area contributed by atoms with Crippen molar-refractivity contribution in [3.05, 3.63) is 72.1 Å². The second-order valence-corrected chi connectivity index (χ2v) is 9.84. The van der Waals surface area contributed by atoms with Gasteiger partial charge in [-0.3, -0.25) is 4.79 Å². The van der Waals surface area contributed by atoms with Crippen LogP contribution in [0.5, 0.6) is 11.5 Å². The molecule has 3 aromatic rings. The molecule has 1 aliphatic rings. The first-order valence-corrected chi connectivity index (χ1v) is 12.5. The maximum atomic E-state index is 13.1. The van der Waals surface area contributed by atoms with Crippen LogP contribution in [-0.2, 0) is 21.4 Å². The molecular formula is C24H27N5O5S. The number of hydrogen-bond donors (Lipinski definition) is 0. The van der Waals surface area contributed by atoms with E-state index in [1.54, 1.807) is 27.9 Å². The summed E-state index contributed by atoms with van der Waals surface area (Å²) in [5, 5.41) is 8.17. The third kappa shape index (κ3) is 5.69. The molecule has 1 saturated heterocycles. The van der Waals surface area contributed by atoms with E-state index in [0.29, 0.717) is 23.7 Å². The van der Waals surface area contributed by atoms with E-state index in [2.05, 4.69) is 10.3 Å². The summed E-state index contributed by atoms with van der Waals surface area (Å²) in [7, 11) is -0.782. The van der Waals surface area contributed by atoms with Crippen molar-refractivity contribution in [2.24, 2.45) is 0 Å². The minimum absolute atomic E-state index is 0.119. The lowest BCUT2D eigenvalue weighted by molar-refractivity contribution is -0.127. The summed E-state index contributed by atoms with van der Waals surface area (Å²) in [5.74, 6) is 0.591. The van der Waals surface area contributed by atoms with Crippen molar-refractivity contribution in [1.29, 1.82) is 0 Å². The Morgan fingerprint density at radius 3 is 2.40 bits per heavy atom. The largest absolute Gasteiger partial charge is 0.493 e. The van der Waals surface area contributed by atoms with Gasteiger partial charge < -0.3 is 14.4 Å². The Morgan fingerprint density at radius 1 is 1.00 bits per heavy atom. The van der Waals surface area contributed by atoms with Crippen molar-refractivity contribution in [3.63, 3.8) is 0 Å². The first kappa shape index (κ1) is 24.4. The molecule has 184 valence electrons. The number of carbonyl (C=O) groups is 1. The van der Waals surface area contributed by atoms with Gasteiger partial charge in [-0.1, -0.05) is 35.5 Å². The van der Waals surface area contributed by atoms with Gasteiger partial charge in [0.05, 0.1) is 31.9 Å². The number of nitrogens with zero attached hydrogens (tertiary/aromatic N) is 5. The Balaban J connectivity index is 1.34. The van der Waals surface area contributed by atoms with Crippen LogP contribution in [0.3, 0.4) is 0 Å². The van der Waals surface area contributed by atoms with Crippen LogP contribution in [0.4, 0.5) is 0 Å². The molecule has 35 heavy (non-hydrogen) atoms. The molecule has 0 spiro atoms. The van der Waals surface area contributed by atoms with E-state index < -0.39 is 10.0 Å². The number of methoxy groups -OCH3 is 2. The molecule has 0 aliphatic carbocycles. The Hall–Kier alpha value is -3.70. The van der Waals surface area contributed by atoms with Crippen LogP contribution in [0.25, 0.3) is 6.08 Å². The molecule has 2 aromatic carbocycles. The Labute approximate surface area is 204 Å². The first-order chi connectivity index (χ1) is 16.9. The minimum Gasteiger partial charge on any atom is -0.493 e. The van der Waals surface area contributed by atoms with Gasteiger partial charge in [0.25, 0.3) is 0 Å². The molecule has 1 fully saturated rings. The molecule has 10 nitrogen and oxygen atoms in total. The van der Waals surface area contributed by atoms with E-state index in [0.717, 1.165) is 5.56 Å². The molecule has 4 rings (SSSR count). The van der Waals surface area contributed by atoms with Crippen LogP contribution in [0.15, 0.2) is 65.7 Å². The molecule has 11 heteroatoms. The number of amides is 1. The highest BCUT2D eigenvalue weighted by Gasteiger charge is 2.30. The van der Waals surface area contributed by atoms with E-state index in [-0.39, 0.29) is 37.0 Å². The van der Waals surface area contributed by atoms with Crippen molar-refractivity contribution < 1.29 is 22.7 Å². The Morgan fingerprint density at radius 2 is 1.71 bits per heavy atom. The predicted octanol–water partition coefficient (Wildman–Crippen LogP) is 1.89. The number of hydrogen-bond acceptors (Lipinski definition) is 7. The monoisotopic (exact) mass is 497 g/mol. The molecule has 0 N–H and O–H groups in total. The van der Waals surface area contributed by atoms with Gasteiger partial charge in [0.2, 0.25) is 15.9 Å². The highest BCUT2D eigenvalue weighted by molar-refractivity contribution is 7.89. The fourth-order valence-corrected chi connectivity index (χ4v) is 5.21. The number of benzene rings is 2. The summed E-state index contributed by atoms with van der Waals surface area (Å²) in [6.45, 7) is 1.56. The summed E-state index contributed by atoms with van der Waals surface area (Å²) >= 11 is 0. The van der Waals surface area contributed by atoms with Gasteiger partial charge in [-0.25, -0.2) is 13.1 Å². The summed E-state index contributed by atoms with van der Waals surface area (Å²) in [4.78, 5) is 14.4. The quantitative estimate of drug-likeness (QED) is 0.438. The lowest BCUT2D eigenvalue weighted by atomic mass is 10.2. The Bertz CT molecular complexity index is 1300.